The minimum Gasteiger partial charge on any atom is -0.457 e. The molecule has 2 N–H and O–H groups in total. The van der Waals surface area contributed by atoms with Gasteiger partial charge in [-0.2, -0.15) is 0 Å². The van der Waals surface area contributed by atoms with Crippen molar-refractivity contribution in [1.29, 1.82) is 0 Å². The van der Waals surface area contributed by atoms with E-state index in [0.29, 0.717) is 40.1 Å². The van der Waals surface area contributed by atoms with Crippen LogP contribution < -0.4 is 24.8 Å². The highest BCUT2D eigenvalue weighted by Gasteiger charge is 2.31. The van der Waals surface area contributed by atoms with E-state index < -0.39 is 0 Å². The number of hydrogen-bond donors (Lipinski definition) is 2. The number of amides is 2. The number of aromatic nitrogens is 1. The lowest BCUT2D eigenvalue weighted by Crippen LogP contribution is -2.24. The van der Waals surface area contributed by atoms with Crippen molar-refractivity contribution in [2.24, 2.45) is 0 Å². The third-order valence-corrected chi connectivity index (χ3v) is 7.27. The normalized spacial score (nSPS) is 15.5. The van der Waals surface area contributed by atoms with E-state index >= 15 is 0 Å². The summed E-state index contributed by atoms with van der Waals surface area (Å²) in [6.45, 7) is 0.147. The largest absolute Gasteiger partial charge is 0.457 e. The van der Waals surface area contributed by atoms with Gasteiger partial charge in [-0.15, -0.1) is 11.3 Å². The van der Waals surface area contributed by atoms with Gasteiger partial charge < -0.3 is 19.5 Å². The van der Waals surface area contributed by atoms with Crippen LogP contribution in [-0.2, 0) is 11.2 Å². The Morgan fingerprint density at radius 2 is 1.70 bits per heavy atom. The Hall–Kier alpha value is -4.37. The molecule has 6 rings (SSSR count). The van der Waals surface area contributed by atoms with Gasteiger partial charge in [0.05, 0.1) is 11.6 Å². The van der Waals surface area contributed by atoms with Crippen molar-refractivity contribution >= 4 is 34.0 Å². The van der Waals surface area contributed by atoms with Crippen LogP contribution in [0.4, 0.5) is 10.8 Å². The number of nitrogens with one attached hydrogen (secondary N) is 2. The molecule has 2 heterocycles. The Morgan fingerprint density at radius 1 is 0.919 bits per heavy atom. The number of hydrogen-bond acceptors (Lipinski definition) is 7. The number of carbonyl (C=O) groups excluding carboxylic acids is 2. The summed E-state index contributed by atoms with van der Waals surface area (Å²) in [5.41, 5.74) is 1.87. The molecule has 3 aromatic carbocycles. The highest BCUT2D eigenvalue weighted by molar-refractivity contribution is 7.16. The number of benzene rings is 3. The van der Waals surface area contributed by atoms with Crippen molar-refractivity contribution in [3.05, 3.63) is 88.9 Å². The van der Waals surface area contributed by atoms with Crippen molar-refractivity contribution in [1.82, 2.24) is 4.98 Å². The van der Waals surface area contributed by atoms with Crippen molar-refractivity contribution in [2.75, 3.05) is 17.4 Å². The summed E-state index contributed by atoms with van der Waals surface area (Å²) in [6, 6.07) is 21.8. The number of fused-ring (bicyclic) bond motifs is 2. The number of rotatable bonds is 6. The summed E-state index contributed by atoms with van der Waals surface area (Å²) in [4.78, 5) is 31.6. The molecule has 2 aliphatic rings. The second-order valence-corrected chi connectivity index (χ2v) is 9.81. The third kappa shape index (κ3) is 4.99. The summed E-state index contributed by atoms with van der Waals surface area (Å²) < 4.78 is 16.5. The molecule has 1 unspecified atom stereocenters. The maximum absolute atomic E-state index is 13.2. The summed E-state index contributed by atoms with van der Waals surface area (Å²) in [6.07, 6.45) is 2.42. The standard InChI is InChI=1S/C28H23N3O5S/c32-26(17-9-14-22-23(15-17)35-16-34-22)31-28-30-25-21(7-4-8-24(25)37-28)27(33)29-18-10-12-20(13-11-18)36-19-5-2-1-3-6-19/h1-3,5-6,9-15,21H,4,7-8,16H2,(H,29,33)(H,30,31,32). The van der Waals surface area contributed by atoms with Gasteiger partial charge in [-0.3, -0.25) is 14.9 Å². The zero-order valence-electron chi connectivity index (χ0n) is 19.7. The van der Waals surface area contributed by atoms with Crippen LogP contribution in [0.2, 0.25) is 0 Å². The molecule has 0 saturated heterocycles. The van der Waals surface area contributed by atoms with Crippen LogP contribution >= 0.6 is 11.3 Å². The second-order valence-electron chi connectivity index (χ2n) is 8.72. The van der Waals surface area contributed by atoms with E-state index in [1.807, 2.05) is 54.6 Å². The van der Waals surface area contributed by atoms with Gasteiger partial charge in [0.2, 0.25) is 12.7 Å². The molecule has 2 amide bonds. The highest BCUT2D eigenvalue weighted by Crippen LogP contribution is 2.38. The molecule has 186 valence electrons. The first-order chi connectivity index (χ1) is 18.1. The predicted molar refractivity (Wildman–Crippen MR) is 140 cm³/mol. The minimum atomic E-state index is -0.378. The fourth-order valence-electron chi connectivity index (χ4n) is 4.39. The first-order valence-corrected chi connectivity index (χ1v) is 12.8. The average Bonchev–Trinajstić information content (AvgIpc) is 3.56. The number of carbonyl (C=O) groups is 2. The van der Waals surface area contributed by atoms with E-state index in [9.17, 15) is 9.59 Å². The first-order valence-electron chi connectivity index (χ1n) is 12.0. The van der Waals surface area contributed by atoms with Gasteiger partial charge in [0, 0.05) is 16.1 Å². The molecule has 0 fully saturated rings. The lowest BCUT2D eigenvalue weighted by molar-refractivity contribution is -0.117. The fraction of sp³-hybridized carbons (Fsp3) is 0.179. The Morgan fingerprint density at radius 3 is 2.54 bits per heavy atom. The minimum absolute atomic E-state index is 0.114. The van der Waals surface area contributed by atoms with E-state index in [4.69, 9.17) is 14.2 Å². The summed E-state index contributed by atoms with van der Waals surface area (Å²) >= 11 is 1.42. The molecule has 0 spiro atoms. The number of nitrogens with zero attached hydrogens (tertiary/aromatic N) is 1. The molecule has 4 aromatic rings. The molecule has 37 heavy (non-hydrogen) atoms. The smallest absolute Gasteiger partial charge is 0.257 e. The fourth-order valence-corrected chi connectivity index (χ4v) is 5.45. The monoisotopic (exact) mass is 513 g/mol. The van der Waals surface area contributed by atoms with Gasteiger partial charge in [0.1, 0.15) is 11.5 Å². The molecule has 1 atom stereocenters. The summed E-state index contributed by atoms with van der Waals surface area (Å²) in [5.74, 6) is 1.82. The lowest BCUT2D eigenvalue weighted by Gasteiger charge is -2.20. The Bertz CT molecular complexity index is 1450. The van der Waals surface area contributed by atoms with E-state index in [1.165, 1.54) is 11.3 Å². The first kappa shape index (κ1) is 23.1. The third-order valence-electron chi connectivity index (χ3n) is 6.23. The summed E-state index contributed by atoms with van der Waals surface area (Å²) in [7, 11) is 0. The number of para-hydroxylation sites is 1. The van der Waals surface area contributed by atoms with Gasteiger partial charge in [0.25, 0.3) is 5.91 Å². The molecule has 1 aromatic heterocycles. The second kappa shape index (κ2) is 9.94. The van der Waals surface area contributed by atoms with Gasteiger partial charge in [-0.05, 0) is 73.9 Å². The molecular weight excluding hydrogens is 490 g/mol. The lowest BCUT2D eigenvalue weighted by atomic mass is 9.90. The number of aryl methyl sites for hydroxylation is 1. The quantitative estimate of drug-likeness (QED) is 0.329. The Balaban J connectivity index is 1.12. The topological polar surface area (TPSA) is 98.8 Å². The van der Waals surface area contributed by atoms with Crippen LogP contribution in [0.1, 0.15) is 39.7 Å². The molecular formula is C28H23N3O5S. The highest BCUT2D eigenvalue weighted by atomic mass is 32.1. The number of thiazole rings is 1. The molecule has 8 nitrogen and oxygen atoms in total. The molecule has 0 saturated carbocycles. The van der Waals surface area contributed by atoms with Crippen LogP contribution in [0, 0.1) is 0 Å². The van der Waals surface area contributed by atoms with Crippen molar-refractivity contribution in [2.45, 2.75) is 25.2 Å². The van der Waals surface area contributed by atoms with E-state index in [1.54, 1.807) is 18.2 Å². The molecule has 1 aliphatic carbocycles. The summed E-state index contributed by atoms with van der Waals surface area (Å²) in [5, 5.41) is 6.35. The van der Waals surface area contributed by atoms with Gasteiger partial charge >= 0.3 is 0 Å². The van der Waals surface area contributed by atoms with Crippen molar-refractivity contribution in [3.63, 3.8) is 0 Å². The van der Waals surface area contributed by atoms with Crippen molar-refractivity contribution < 1.29 is 23.8 Å². The van der Waals surface area contributed by atoms with E-state index in [0.717, 1.165) is 29.2 Å². The van der Waals surface area contributed by atoms with Crippen LogP contribution in [0.5, 0.6) is 23.0 Å². The molecule has 1 aliphatic heterocycles. The molecule has 0 bridgehead atoms. The SMILES string of the molecule is O=C(Nc1nc2c(s1)CCCC2C(=O)Nc1ccc(Oc2ccccc2)cc1)c1ccc2c(c1)OCO2. The van der Waals surface area contributed by atoms with Gasteiger partial charge in [-0.1, -0.05) is 18.2 Å². The predicted octanol–water partition coefficient (Wildman–Crippen LogP) is 5.98. The van der Waals surface area contributed by atoms with E-state index in [2.05, 4.69) is 15.6 Å². The van der Waals surface area contributed by atoms with E-state index in [-0.39, 0.29) is 24.5 Å². The zero-order valence-corrected chi connectivity index (χ0v) is 20.5. The van der Waals surface area contributed by atoms with Gasteiger partial charge in [-0.25, -0.2) is 4.98 Å². The number of anilines is 2. The van der Waals surface area contributed by atoms with Crippen LogP contribution in [0.25, 0.3) is 0 Å². The Labute approximate surface area is 217 Å². The Kier molecular flexibility index (Phi) is 6.20. The van der Waals surface area contributed by atoms with Crippen LogP contribution in [0.3, 0.4) is 0 Å². The van der Waals surface area contributed by atoms with Crippen molar-refractivity contribution in [3.8, 4) is 23.0 Å². The zero-order chi connectivity index (χ0) is 25.2. The number of ether oxygens (including phenoxy) is 3. The average molecular weight is 514 g/mol. The maximum Gasteiger partial charge on any atom is 0.257 e. The van der Waals surface area contributed by atoms with Gasteiger partial charge in [0.15, 0.2) is 16.6 Å². The molecule has 0 radical (unpaired) electrons. The molecule has 9 heteroatoms. The van der Waals surface area contributed by atoms with Crippen LogP contribution in [-0.4, -0.2) is 23.6 Å². The van der Waals surface area contributed by atoms with Crippen LogP contribution in [0.15, 0.2) is 72.8 Å². The maximum atomic E-state index is 13.2.